The first-order valence-corrected chi connectivity index (χ1v) is 11.9. The van der Waals surface area contributed by atoms with Gasteiger partial charge in [-0.05, 0) is 42.7 Å². The van der Waals surface area contributed by atoms with E-state index in [4.69, 9.17) is 0 Å². The lowest BCUT2D eigenvalue weighted by molar-refractivity contribution is 0.0668. The summed E-state index contributed by atoms with van der Waals surface area (Å²) in [7, 11) is 1.77. The van der Waals surface area contributed by atoms with Gasteiger partial charge in [0.05, 0.1) is 29.7 Å². The Bertz CT molecular complexity index is 1480. The molecule has 36 heavy (non-hydrogen) atoms. The Morgan fingerprint density at radius 3 is 2.50 bits per heavy atom. The molecule has 0 spiro atoms. The van der Waals surface area contributed by atoms with Crippen LogP contribution in [0.25, 0.3) is 10.9 Å². The molecule has 2 N–H and O–H groups in total. The highest BCUT2D eigenvalue weighted by Gasteiger charge is 2.50. The second-order valence-corrected chi connectivity index (χ2v) is 9.51. The smallest absolute Gasteiger partial charge is 0.335 e. The predicted octanol–water partition coefficient (Wildman–Crippen LogP) is 3.48. The zero-order chi connectivity index (χ0) is 25.0. The van der Waals surface area contributed by atoms with E-state index in [0.29, 0.717) is 31.0 Å². The third-order valence-corrected chi connectivity index (χ3v) is 7.49. The molecule has 2 aromatic carbocycles. The van der Waals surface area contributed by atoms with Crippen LogP contribution in [0.15, 0.2) is 60.9 Å². The molecule has 0 bridgehead atoms. The van der Waals surface area contributed by atoms with Crippen LogP contribution in [0.5, 0.6) is 0 Å². The summed E-state index contributed by atoms with van der Waals surface area (Å²) in [6.07, 6.45) is 3.26. The standard InChI is InChI=1S/C27H25N5O4/c1-30(27(10-11-27)19-8-6-17(7-9-19)26(35)36)25(34)23-22-15-31(12-13-32(22)16-28-23)24(33)21-14-18-4-2-3-5-20(18)29-21/h2-9,14,16,29H,10-13,15H2,1H3,(H,35,36). The van der Waals surface area contributed by atoms with Crippen LogP contribution in [-0.2, 0) is 18.6 Å². The van der Waals surface area contributed by atoms with E-state index in [0.717, 1.165) is 35.0 Å². The van der Waals surface area contributed by atoms with E-state index in [1.165, 1.54) is 0 Å². The Balaban J connectivity index is 1.24. The lowest BCUT2D eigenvalue weighted by Gasteiger charge is -2.31. The molecule has 6 rings (SSSR count). The van der Waals surface area contributed by atoms with E-state index in [1.807, 2.05) is 34.9 Å². The number of imidazole rings is 1. The summed E-state index contributed by atoms with van der Waals surface area (Å²) in [4.78, 5) is 49.2. The molecular formula is C27H25N5O4. The number of nitrogens with zero attached hydrogens (tertiary/aromatic N) is 4. The van der Waals surface area contributed by atoms with Crippen LogP contribution in [0.4, 0.5) is 0 Å². The maximum absolute atomic E-state index is 13.6. The monoisotopic (exact) mass is 483 g/mol. The molecule has 4 aromatic rings. The normalized spacial score (nSPS) is 16.0. The van der Waals surface area contributed by atoms with Gasteiger partial charge in [-0.25, -0.2) is 9.78 Å². The Morgan fingerprint density at radius 2 is 1.81 bits per heavy atom. The quantitative estimate of drug-likeness (QED) is 0.452. The molecule has 9 heteroatoms. The number of fused-ring (bicyclic) bond motifs is 2. The van der Waals surface area contributed by atoms with E-state index in [-0.39, 0.29) is 17.4 Å². The Labute approximate surface area is 207 Å². The molecule has 0 radical (unpaired) electrons. The number of carbonyl (C=O) groups excluding carboxylic acids is 2. The zero-order valence-electron chi connectivity index (χ0n) is 19.8. The van der Waals surface area contributed by atoms with Gasteiger partial charge in [-0.3, -0.25) is 9.59 Å². The largest absolute Gasteiger partial charge is 0.478 e. The number of hydrogen-bond donors (Lipinski definition) is 2. The number of H-pyrrole nitrogens is 1. The van der Waals surface area contributed by atoms with Crippen molar-refractivity contribution in [2.75, 3.05) is 13.6 Å². The molecule has 3 heterocycles. The van der Waals surface area contributed by atoms with Crippen molar-refractivity contribution in [3.63, 3.8) is 0 Å². The first-order valence-electron chi connectivity index (χ1n) is 11.9. The second kappa shape index (κ2) is 8.08. The van der Waals surface area contributed by atoms with Crippen LogP contribution in [0.2, 0.25) is 0 Å². The topological polar surface area (TPSA) is 112 Å². The van der Waals surface area contributed by atoms with Crippen molar-refractivity contribution >= 4 is 28.7 Å². The van der Waals surface area contributed by atoms with Crippen LogP contribution in [-0.4, -0.2) is 60.8 Å². The molecule has 1 saturated carbocycles. The van der Waals surface area contributed by atoms with Gasteiger partial charge in [0.2, 0.25) is 0 Å². The number of carbonyl (C=O) groups is 3. The molecular weight excluding hydrogens is 458 g/mol. The van der Waals surface area contributed by atoms with Gasteiger partial charge in [0.1, 0.15) is 5.69 Å². The molecule has 2 aromatic heterocycles. The maximum atomic E-state index is 13.6. The number of aromatic nitrogens is 3. The first kappa shape index (κ1) is 22.1. The molecule has 1 aliphatic heterocycles. The van der Waals surface area contributed by atoms with Crippen molar-refractivity contribution in [2.45, 2.75) is 31.5 Å². The first-order chi connectivity index (χ1) is 17.4. The minimum absolute atomic E-state index is 0.109. The fraction of sp³-hybridized carbons (Fsp3) is 0.259. The lowest BCUT2D eigenvalue weighted by atomic mass is 10.0. The van der Waals surface area contributed by atoms with Gasteiger partial charge in [-0.1, -0.05) is 30.3 Å². The van der Waals surface area contributed by atoms with Crippen LogP contribution < -0.4 is 0 Å². The molecule has 9 nitrogen and oxygen atoms in total. The molecule has 1 fully saturated rings. The Kier molecular flexibility index (Phi) is 4.96. The predicted molar refractivity (Wildman–Crippen MR) is 132 cm³/mol. The number of amides is 2. The number of carboxylic acids is 1. The molecule has 0 saturated heterocycles. The number of carboxylic acid groups (broad SMARTS) is 1. The number of benzene rings is 2. The van der Waals surface area contributed by atoms with E-state index >= 15 is 0 Å². The van der Waals surface area contributed by atoms with Gasteiger partial charge >= 0.3 is 5.97 Å². The summed E-state index contributed by atoms with van der Waals surface area (Å²) in [5.41, 5.74) is 3.15. The number of hydrogen-bond acceptors (Lipinski definition) is 4. The van der Waals surface area contributed by atoms with Crippen LogP contribution in [0.1, 0.15) is 55.4 Å². The summed E-state index contributed by atoms with van der Waals surface area (Å²) in [6, 6.07) is 16.3. The summed E-state index contributed by atoms with van der Waals surface area (Å²) in [6.45, 7) is 1.39. The van der Waals surface area contributed by atoms with E-state index in [9.17, 15) is 19.5 Å². The SMILES string of the molecule is CN(C(=O)c1ncn2c1CN(C(=O)c1cc3ccccc3[nH]1)CC2)C1(c2ccc(C(=O)O)cc2)CC1. The molecule has 0 unspecified atom stereocenters. The average Bonchev–Trinajstić information content (AvgIpc) is 3.42. The minimum atomic E-state index is -0.980. The van der Waals surface area contributed by atoms with Gasteiger partial charge in [-0.2, -0.15) is 0 Å². The summed E-state index contributed by atoms with van der Waals surface area (Å²) >= 11 is 0. The fourth-order valence-electron chi connectivity index (χ4n) is 5.18. The summed E-state index contributed by atoms with van der Waals surface area (Å²) in [5.74, 6) is -1.29. The van der Waals surface area contributed by atoms with E-state index < -0.39 is 11.5 Å². The van der Waals surface area contributed by atoms with Gasteiger partial charge in [0.25, 0.3) is 11.8 Å². The van der Waals surface area contributed by atoms with Crippen molar-refractivity contribution in [1.82, 2.24) is 24.3 Å². The molecule has 0 atom stereocenters. The number of para-hydroxylation sites is 1. The van der Waals surface area contributed by atoms with Gasteiger partial charge < -0.3 is 24.5 Å². The number of rotatable bonds is 5. The van der Waals surface area contributed by atoms with Crippen molar-refractivity contribution in [3.05, 3.63) is 89.1 Å². The van der Waals surface area contributed by atoms with Gasteiger partial charge in [-0.15, -0.1) is 0 Å². The van der Waals surface area contributed by atoms with E-state index in [2.05, 4.69) is 9.97 Å². The van der Waals surface area contributed by atoms with Crippen molar-refractivity contribution in [2.24, 2.45) is 0 Å². The lowest BCUT2D eigenvalue weighted by Crippen LogP contribution is -2.41. The molecule has 1 aliphatic carbocycles. The molecule has 2 amide bonds. The highest BCUT2D eigenvalue weighted by atomic mass is 16.4. The average molecular weight is 484 g/mol. The second-order valence-electron chi connectivity index (χ2n) is 9.51. The van der Waals surface area contributed by atoms with Crippen LogP contribution in [0, 0.1) is 0 Å². The van der Waals surface area contributed by atoms with Gasteiger partial charge in [0, 0.05) is 31.0 Å². The zero-order valence-corrected chi connectivity index (χ0v) is 19.8. The van der Waals surface area contributed by atoms with Crippen molar-refractivity contribution in [3.8, 4) is 0 Å². The fourth-order valence-corrected chi connectivity index (χ4v) is 5.18. The third kappa shape index (κ3) is 3.46. The Hall–Kier alpha value is -4.40. The van der Waals surface area contributed by atoms with Crippen molar-refractivity contribution < 1.29 is 19.5 Å². The minimum Gasteiger partial charge on any atom is -0.478 e. The highest BCUT2D eigenvalue weighted by molar-refractivity contribution is 5.98. The third-order valence-electron chi connectivity index (χ3n) is 7.49. The highest BCUT2D eigenvalue weighted by Crippen LogP contribution is 2.50. The summed E-state index contributed by atoms with van der Waals surface area (Å²) < 4.78 is 1.94. The van der Waals surface area contributed by atoms with Crippen LogP contribution in [0.3, 0.4) is 0 Å². The number of aromatic amines is 1. The number of aromatic carboxylic acids is 1. The van der Waals surface area contributed by atoms with Crippen LogP contribution >= 0.6 is 0 Å². The number of nitrogens with one attached hydrogen (secondary N) is 1. The molecule has 2 aliphatic rings. The Morgan fingerprint density at radius 1 is 1.06 bits per heavy atom. The van der Waals surface area contributed by atoms with Crippen molar-refractivity contribution in [1.29, 1.82) is 0 Å². The molecule has 182 valence electrons. The van der Waals surface area contributed by atoms with E-state index in [1.54, 1.807) is 47.4 Å². The maximum Gasteiger partial charge on any atom is 0.335 e. The van der Waals surface area contributed by atoms with Gasteiger partial charge in [0.15, 0.2) is 5.69 Å². The summed E-state index contributed by atoms with van der Waals surface area (Å²) in [5, 5.41) is 10.2.